The summed E-state index contributed by atoms with van der Waals surface area (Å²) >= 11 is 11.4. The zero-order valence-electron chi connectivity index (χ0n) is 25.5. The number of allylic oxidation sites excluding steroid dienone is 1. The molecule has 46 heavy (non-hydrogen) atoms. The van der Waals surface area contributed by atoms with Crippen molar-refractivity contribution in [2.45, 2.75) is 26.5 Å². The fourth-order valence-corrected chi connectivity index (χ4v) is 6.90. The fraction of sp³-hybridized carbons (Fsp3) is 0.242. The molecule has 0 bridgehead atoms. The van der Waals surface area contributed by atoms with E-state index < -0.39 is 17.8 Å². The highest BCUT2D eigenvalue weighted by Gasteiger charge is 2.35. The zero-order valence-corrected chi connectivity index (χ0v) is 28.6. The van der Waals surface area contributed by atoms with Gasteiger partial charge in [0.25, 0.3) is 5.56 Å². The van der Waals surface area contributed by atoms with Gasteiger partial charge in [-0.3, -0.25) is 9.36 Å². The molecule has 0 spiro atoms. The Bertz CT molecular complexity index is 2040. The number of ether oxygens (including phenoxy) is 5. The first-order valence-electron chi connectivity index (χ1n) is 14.0. The van der Waals surface area contributed by atoms with Crippen molar-refractivity contribution in [2.24, 2.45) is 4.99 Å². The van der Waals surface area contributed by atoms with Crippen LogP contribution in [0, 0.1) is 5.82 Å². The zero-order chi connectivity index (χ0) is 33.1. The number of fused-ring (bicyclic) bond motifs is 1. The molecule has 0 saturated heterocycles. The smallest absolute Gasteiger partial charge is 0.338 e. The highest BCUT2D eigenvalue weighted by Crippen LogP contribution is 2.41. The standard InChI is InChI=1S/C33H29BrClFN2O7S/c1-6-44-32(40)28-17(2)37-33-38(29(28)20-14-24(41-3)25(42-4)15-21(20)34)31(39)27(46-33)13-18-11-22(35)30(26(12-18)43-5)45-16-19-9-7-8-10-23(19)36/h7-15,29H,6,16H2,1-5H3/b27-13-/t29-/m1/s1. The van der Waals surface area contributed by atoms with Crippen LogP contribution in [0.2, 0.25) is 5.02 Å². The van der Waals surface area contributed by atoms with Crippen LogP contribution in [0.5, 0.6) is 23.0 Å². The van der Waals surface area contributed by atoms with Gasteiger partial charge < -0.3 is 23.7 Å². The predicted octanol–water partition coefficient (Wildman–Crippen LogP) is 5.96. The summed E-state index contributed by atoms with van der Waals surface area (Å²) in [6, 6.07) is 12.1. The second-order valence-corrected chi connectivity index (χ2v) is 12.2. The third-order valence-corrected chi connectivity index (χ3v) is 9.14. The monoisotopic (exact) mass is 730 g/mol. The van der Waals surface area contributed by atoms with Crippen LogP contribution in [0.4, 0.5) is 4.39 Å². The largest absolute Gasteiger partial charge is 0.493 e. The van der Waals surface area contributed by atoms with Crippen molar-refractivity contribution in [3.8, 4) is 23.0 Å². The molecule has 240 valence electrons. The van der Waals surface area contributed by atoms with E-state index in [1.54, 1.807) is 62.4 Å². The van der Waals surface area contributed by atoms with Gasteiger partial charge in [-0.1, -0.05) is 57.1 Å². The summed E-state index contributed by atoms with van der Waals surface area (Å²) in [7, 11) is 4.48. The summed E-state index contributed by atoms with van der Waals surface area (Å²) in [6.45, 7) is 3.49. The van der Waals surface area contributed by atoms with E-state index in [-0.39, 0.29) is 35.1 Å². The van der Waals surface area contributed by atoms with Crippen molar-refractivity contribution in [2.75, 3.05) is 27.9 Å². The van der Waals surface area contributed by atoms with Gasteiger partial charge in [-0.25, -0.2) is 14.2 Å². The summed E-state index contributed by atoms with van der Waals surface area (Å²) in [6.07, 6.45) is 1.66. The van der Waals surface area contributed by atoms with Crippen LogP contribution in [0.25, 0.3) is 6.08 Å². The van der Waals surface area contributed by atoms with E-state index in [0.717, 1.165) is 11.3 Å². The first kappa shape index (κ1) is 33.2. The van der Waals surface area contributed by atoms with Crippen LogP contribution in [0.15, 0.2) is 74.1 Å². The van der Waals surface area contributed by atoms with Crippen LogP contribution in [-0.2, 0) is 16.1 Å². The van der Waals surface area contributed by atoms with Crippen LogP contribution < -0.4 is 33.8 Å². The van der Waals surface area contributed by atoms with Gasteiger partial charge in [0.2, 0.25) is 0 Å². The molecule has 1 aromatic heterocycles. The third-order valence-electron chi connectivity index (χ3n) is 7.19. The number of carbonyl (C=O) groups is 1. The molecule has 1 aliphatic rings. The Labute approximate surface area is 281 Å². The van der Waals surface area contributed by atoms with Gasteiger partial charge >= 0.3 is 5.97 Å². The number of esters is 1. The molecule has 0 N–H and O–H groups in total. The van der Waals surface area contributed by atoms with Gasteiger partial charge in [-0.2, -0.15) is 0 Å². The average Bonchev–Trinajstić information content (AvgIpc) is 3.33. The summed E-state index contributed by atoms with van der Waals surface area (Å²) < 4.78 is 44.3. The topological polar surface area (TPSA) is 97.6 Å². The molecular formula is C33H29BrClFN2O7S. The van der Waals surface area contributed by atoms with E-state index in [9.17, 15) is 14.0 Å². The molecule has 0 amide bonds. The van der Waals surface area contributed by atoms with E-state index in [2.05, 4.69) is 20.9 Å². The highest BCUT2D eigenvalue weighted by atomic mass is 79.9. The quantitative estimate of drug-likeness (QED) is 0.186. The molecule has 2 heterocycles. The minimum absolute atomic E-state index is 0.0610. The lowest BCUT2D eigenvalue weighted by Gasteiger charge is -2.26. The van der Waals surface area contributed by atoms with Gasteiger partial charge in [0.1, 0.15) is 12.4 Å². The number of hydrogen-bond donors (Lipinski definition) is 0. The molecule has 13 heteroatoms. The first-order chi connectivity index (χ1) is 22.1. The van der Waals surface area contributed by atoms with E-state index in [4.69, 9.17) is 35.3 Å². The molecule has 9 nitrogen and oxygen atoms in total. The van der Waals surface area contributed by atoms with Crippen molar-refractivity contribution in [3.63, 3.8) is 0 Å². The van der Waals surface area contributed by atoms with Crippen molar-refractivity contribution < 1.29 is 32.9 Å². The molecule has 0 aliphatic carbocycles. The van der Waals surface area contributed by atoms with Gasteiger partial charge in [0, 0.05) is 10.0 Å². The molecule has 5 rings (SSSR count). The minimum atomic E-state index is -0.890. The molecule has 1 aliphatic heterocycles. The van der Waals surface area contributed by atoms with Gasteiger partial charge in [-0.15, -0.1) is 0 Å². The summed E-state index contributed by atoms with van der Waals surface area (Å²) in [4.78, 5) is 32.5. The number of aromatic nitrogens is 1. The number of nitrogens with zero attached hydrogens (tertiary/aromatic N) is 2. The predicted molar refractivity (Wildman–Crippen MR) is 176 cm³/mol. The minimum Gasteiger partial charge on any atom is -0.493 e. The maximum atomic E-state index is 14.1. The number of hydrogen-bond acceptors (Lipinski definition) is 9. The van der Waals surface area contributed by atoms with E-state index in [1.807, 2.05) is 0 Å². The SMILES string of the molecule is CCOC(=O)C1=C(C)N=c2s/c(=C\c3cc(Cl)c(OCc4ccccc4F)c(OC)c3)c(=O)n2[C@@H]1c1cc(OC)c(OC)cc1Br. The molecule has 0 radical (unpaired) electrons. The summed E-state index contributed by atoms with van der Waals surface area (Å²) in [5, 5.41) is 0.210. The lowest BCUT2D eigenvalue weighted by atomic mass is 9.95. The number of methoxy groups -OCH3 is 3. The normalized spacial score (nSPS) is 14.4. The van der Waals surface area contributed by atoms with E-state index in [1.165, 1.54) is 32.0 Å². The second kappa shape index (κ2) is 14.1. The maximum absolute atomic E-state index is 14.1. The van der Waals surface area contributed by atoms with Gasteiger partial charge in [0.05, 0.1) is 54.8 Å². The molecule has 3 aromatic carbocycles. The Kier molecular flexibility index (Phi) is 10.2. The van der Waals surface area contributed by atoms with Gasteiger partial charge in [0.15, 0.2) is 27.8 Å². The fourth-order valence-electron chi connectivity index (χ4n) is 5.05. The summed E-state index contributed by atoms with van der Waals surface area (Å²) in [5.74, 6) is 0.432. The highest BCUT2D eigenvalue weighted by molar-refractivity contribution is 9.10. The molecule has 0 fully saturated rings. The van der Waals surface area contributed by atoms with Crippen LogP contribution >= 0.6 is 38.9 Å². The van der Waals surface area contributed by atoms with Gasteiger partial charge in [-0.05, 0) is 61.4 Å². The Hall–Kier alpha value is -4.13. The van der Waals surface area contributed by atoms with E-state index >= 15 is 0 Å². The van der Waals surface area contributed by atoms with Crippen molar-refractivity contribution in [1.82, 2.24) is 4.57 Å². The van der Waals surface area contributed by atoms with E-state index in [0.29, 0.717) is 53.4 Å². The van der Waals surface area contributed by atoms with Crippen molar-refractivity contribution in [1.29, 1.82) is 0 Å². The average molecular weight is 732 g/mol. The Balaban J connectivity index is 1.63. The van der Waals surface area contributed by atoms with Crippen LogP contribution in [0.1, 0.15) is 36.6 Å². The summed E-state index contributed by atoms with van der Waals surface area (Å²) in [5.41, 5.74) is 1.73. The Morgan fingerprint density at radius 3 is 2.46 bits per heavy atom. The van der Waals surface area contributed by atoms with Crippen LogP contribution in [-0.4, -0.2) is 38.5 Å². The molecule has 0 unspecified atom stereocenters. The molecular weight excluding hydrogens is 703 g/mol. The van der Waals surface area contributed by atoms with Crippen molar-refractivity contribution in [3.05, 3.63) is 111 Å². The van der Waals surface area contributed by atoms with Crippen molar-refractivity contribution >= 4 is 50.9 Å². The number of halogens is 3. The van der Waals surface area contributed by atoms with Crippen LogP contribution in [0.3, 0.4) is 0 Å². The molecule has 1 atom stereocenters. The third kappa shape index (κ3) is 6.42. The first-order valence-corrected chi connectivity index (χ1v) is 15.9. The number of carbonyl (C=O) groups excluding carboxylic acids is 1. The number of benzene rings is 3. The molecule has 0 saturated carbocycles. The lowest BCUT2D eigenvalue weighted by molar-refractivity contribution is -0.139. The number of rotatable bonds is 10. The maximum Gasteiger partial charge on any atom is 0.338 e. The Morgan fingerprint density at radius 1 is 1.09 bits per heavy atom. The molecule has 4 aromatic rings. The second-order valence-electron chi connectivity index (χ2n) is 9.95. The Morgan fingerprint density at radius 2 is 1.78 bits per heavy atom. The number of thiazole rings is 1. The lowest BCUT2D eigenvalue weighted by Crippen LogP contribution is -2.40.